The van der Waals surface area contributed by atoms with E-state index in [9.17, 15) is 18.4 Å². The fourth-order valence-corrected chi connectivity index (χ4v) is 1.27. The molecule has 0 saturated heterocycles. The highest BCUT2D eigenvalue weighted by molar-refractivity contribution is 5.94. The van der Waals surface area contributed by atoms with Gasteiger partial charge in [-0.1, -0.05) is 0 Å². The van der Waals surface area contributed by atoms with Crippen molar-refractivity contribution in [2.75, 3.05) is 0 Å². The molecule has 0 aromatic heterocycles. The van der Waals surface area contributed by atoms with Gasteiger partial charge in [0.2, 0.25) is 0 Å². The average Bonchev–Trinajstić information content (AvgIpc) is 2.31. The molecule has 2 N–H and O–H groups in total. The lowest BCUT2D eigenvalue weighted by atomic mass is 10.0. The molecule has 0 radical (unpaired) electrons. The molecule has 18 heavy (non-hydrogen) atoms. The molecule has 1 aromatic carbocycles. The van der Waals surface area contributed by atoms with Gasteiger partial charge >= 0.3 is 5.97 Å². The molecular weight excluding hydrogens is 244 g/mol. The van der Waals surface area contributed by atoms with E-state index in [0.29, 0.717) is 0 Å². The molecule has 2 atom stereocenters. The largest absolute Gasteiger partial charge is 0.481 e. The maximum absolute atomic E-state index is 12.9. The second-order valence-corrected chi connectivity index (χ2v) is 4.02. The van der Waals surface area contributed by atoms with Crippen molar-refractivity contribution in [3.63, 3.8) is 0 Å². The molecule has 0 aliphatic heterocycles. The van der Waals surface area contributed by atoms with Crippen LogP contribution in [0, 0.1) is 17.6 Å². The van der Waals surface area contributed by atoms with Crippen molar-refractivity contribution in [3.05, 3.63) is 35.4 Å². The smallest absolute Gasteiger partial charge is 0.308 e. The van der Waals surface area contributed by atoms with Crippen LogP contribution in [0.4, 0.5) is 8.78 Å². The zero-order chi connectivity index (χ0) is 13.9. The number of nitrogens with one attached hydrogen (secondary N) is 1. The van der Waals surface area contributed by atoms with Crippen molar-refractivity contribution in [1.82, 2.24) is 5.32 Å². The van der Waals surface area contributed by atoms with E-state index in [1.165, 1.54) is 13.8 Å². The number of amides is 1. The van der Waals surface area contributed by atoms with Gasteiger partial charge in [-0.25, -0.2) is 8.78 Å². The van der Waals surface area contributed by atoms with Crippen LogP contribution in [0.1, 0.15) is 24.2 Å². The highest BCUT2D eigenvalue weighted by atomic mass is 19.2. The van der Waals surface area contributed by atoms with Crippen LogP contribution in [0.2, 0.25) is 0 Å². The summed E-state index contributed by atoms with van der Waals surface area (Å²) in [5, 5.41) is 11.2. The highest BCUT2D eigenvalue weighted by Gasteiger charge is 2.21. The molecule has 2 unspecified atom stereocenters. The van der Waals surface area contributed by atoms with E-state index in [1.807, 2.05) is 0 Å². The molecule has 0 heterocycles. The van der Waals surface area contributed by atoms with Gasteiger partial charge in [-0.2, -0.15) is 0 Å². The van der Waals surface area contributed by atoms with Gasteiger partial charge in [-0.05, 0) is 32.0 Å². The zero-order valence-corrected chi connectivity index (χ0v) is 9.91. The molecule has 0 fully saturated rings. The third-order valence-electron chi connectivity index (χ3n) is 2.68. The van der Waals surface area contributed by atoms with Crippen LogP contribution in [-0.4, -0.2) is 23.0 Å². The fraction of sp³-hybridized carbons (Fsp3) is 0.333. The van der Waals surface area contributed by atoms with Crippen LogP contribution >= 0.6 is 0 Å². The van der Waals surface area contributed by atoms with Gasteiger partial charge in [-0.15, -0.1) is 0 Å². The Morgan fingerprint density at radius 3 is 2.33 bits per heavy atom. The molecule has 0 saturated carbocycles. The topological polar surface area (TPSA) is 66.4 Å². The first kappa shape index (κ1) is 14.1. The number of carboxylic acid groups (broad SMARTS) is 1. The van der Waals surface area contributed by atoms with Gasteiger partial charge in [0.1, 0.15) is 0 Å². The Labute approximate surface area is 103 Å². The van der Waals surface area contributed by atoms with Crippen molar-refractivity contribution in [3.8, 4) is 0 Å². The van der Waals surface area contributed by atoms with Crippen molar-refractivity contribution < 1.29 is 23.5 Å². The summed E-state index contributed by atoms with van der Waals surface area (Å²) in [6.07, 6.45) is 0. The molecule has 1 rings (SSSR count). The summed E-state index contributed by atoms with van der Waals surface area (Å²) >= 11 is 0. The Morgan fingerprint density at radius 2 is 1.83 bits per heavy atom. The molecule has 0 aliphatic rings. The Balaban J connectivity index is 2.76. The summed E-state index contributed by atoms with van der Waals surface area (Å²) in [6, 6.07) is 2.12. The van der Waals surface area contributed by atoms with Crippen LogP contribution in [0.5, 0.6) is 0 Å². The highest BCUT2D eigenvalue weighted by Crippen LogP contribution is 2.10. The maximum atomic E-state index is 12.9. The number of halogens is 2. The number of carboxylic acids is 1. The summed E-state index contributed by atoms with van der Waals surface area (Å²) in [4.78, 5) is 22.3. The molecule has 0 bridgehead atoms. The molecule has 1 aromatic rings. The van der Waals surface area contributed by atoms with E-state index in [1.54, 1.807) is 0 Å². The van der Waals surface area contributed by atoms with Crippen LogP contribution in [-0.2, 0) is 4.79 Å². The minimum absolute atomic E-state index is 0.0571. The Morgan fingerprint density at radius 1 is 1.22 bits per heavy atom. The van der Waals surface area contributed by atoms with Crippen molar-refractivity contribution in [2.45, 2.75) is 19.9 Å². The van der Waals surface area contributed by atoms with E-state index in [0.717, 1.165) is 18.2 Å². The fourth-order valence-electron chi connectivity index (χ4n) is 1.27. The number of rotatable bonds is 4. The minimum atomic E-state index is -1.12. The minimum Gasteiger partial charge on any atom is -0.481 e. The predicted octanol–water partition coefficient (Wildman–Crippen LogP) is 1.80. The van der Waals surface area contributed by atoms with E-state index in [2.05, 4.69) is 5.32 Å². The lowest BCUT2D eigenvalue weighted by Crippen LogP contribution is -2.40. The number of aliphatic carboxylic acids is 1. The van der Waals surface area contributed by atoms with Gasteiger partial charge in [0.25, 0.3) is 5.91 Å². The van der Waals surface area contributed by atoms with Crippen LogP contribution in [0.15, 0.2) is 18.2 Å². The van der Waals surface area contributed by atoms with E-state index in [-0.39, 0.29) is 5.56 Å². The third kappa shape index (κ3) is 3.26. The van der Waals surface area contributed by atoms with E-state index in [4.69, 9.17) is 5.11 Å². The van der Waals surface area contributed by atoms with Gasteiger partial charge < -0.3 is 10.4 Å². The summed E-state index contributed by atoms with van der Waals surface area (Å²) < 4.78 is 25.6. The number of carbonyl (C=O) groups excluding carboxylic acids is 1. The Bertz CT molecular complexity index is 476. The van der Waals surface area contributed by atoms with Crippen molar-refractivity contribution in [2.24, 2.45) is 5.92 Å². The SMILES string of the molecule is CC(NC(=O)c1ccc(F)c(F)c1)C(C)C(=O)O. The third-order valence-corrected chi connectivity index (χ3v) is 2.68. The Kier molecular flexibility index (Phi) is 4.36. The van der Waals surface area contributed by atoms with Crippen LogP contribution in [0.3, 0.4) is 0 Å². The molecule has 98 valence electrons. The van der Waals surface area contributed by atoms with Crippen LogP contribution in [0.25, 0.3) is 0 Å². The molecule has 6 heteroatoms. The molecule has 4 nitrogen and oxygen atoms in total. The zero-order valence-electron chi connectivity index (χ0n) is 9.91. The molecular formula is C12H13F2NO3. The standard InChI is InChI=1S/C12H13F2NO3/c1-6(12(17)18)7(2)15-11(16)8-3-4-9(13)10(14)5-8/h3-7H,1-2H3,(H,15,16)(H,17,18). The first-order valence-electron chi connectivity index (χ1n) is 5.31. The second-order valence-electron chi connectivity index (χ2n) is 4.02. The predicted molar refractivity (Wildman–Crippen MR) is 60.1 cm³/mol. The number of benzene rings is 1. The van der Waals surface area contributed by atoms with Gasteiger partial charge in [0, 0.05) is 11.6 Å². The van der Waals surface area contributed by atoms with Crippen molar-refractivity contribution in [1.29, 1.82) is 0 Å². The quantitative estimate of drug-likeness (QED) is 0.864. The number of carbonyl (C=O) groups is 2. The van der Waals surface area contributed by atoms with Crippen molar-refractivity contribution >= 4 is 11.9 Å². The first-order valence-corrected chi connectivity index (χ1v) is 5.31. The second kappa shape index (κ2) is 5.57. The van der Waals surface area contributed by atoms with Gasteiger partial charge in [0.05, 0.1) is 5.92 Å². The molecule has 0 spiro atoms. The van der Waals surface area contributed by atoms with E-state index < -0.39 is 35.5 Å². The monoisotopic (exact) mass is 257 g/mol. The average molecular weight is 257 g/mol. The normalized spacial score (nSPS) is 13.8. The van der Waals surface area contributed by atoms with Gasteiger partial charge in [0.15, 0.2) is 11.6 Å². The van der Waals surface area contributed by atoms with Crippen LogP contribution < -0.4 is 5.32 Å². The summed E-state index contributed by atoms with van der Waals surface area (Å²) in [7, 11) is 0. The lowest BCUT2D eigenvalue weighted by molar-refractivity contribution is -0.141. The summed E-state index contributed by atoms with van der Waals surface area (Å²) in [5.41, 5.74) is -0.0571. The number of hydrogen-bond donors (Lipinski definition) is 2. The Hall–Kier alpha value is -1.98. The van der Waals surface area contributed by atoms with Gasteiger partial charge in [-0.3, -0.25) is 9.59 Å². The van der Waals surface area contributed by atoms with E-state index >= 15 is 0 Å². The lowest BCUT2D eigenvalue weighted by Gasteiger charge is -2.17. The number of hydrogen-bond acceptors (Lipinski definition) is 2. The summed E-state index contributed by atoms with van der Waals surface area (Å²) in [5.74, 6) is -4.64. The summed E-state index contributed by atoms with van der Waals surface area (Å²) in [6.45, 7) is 2.97. The first-order chi connectivity index (χ1) is 8.32. The molecule has 0 aliphatic carbocycles. The molecule has 1 amide bonds. The maximum Gasteiger partial charge on any atom is 0.308 e.